The molecule has 1 heterocycles. The van der Waals surface area contributed by atoms with Crippen molar-refractivity contribution in [3.8, 4) is 0 Å². The third-order valence-electron chi connectivity index (χ3n) is 3.01. The second kappa shape index (κ2) is 4.97. The Labute approximate surface area is 106 Å². The number of aromatic nitrogens is 1. The van der Waals surface area contributed by atoms with Crippen molar-refractivity contribution in [1.29, 1.82) is 0 Å². The summed E-state index contributed by atoms with van der Waals surface area (Å²) in [5.74, 6) is 0. The number of rotatable bonds is 3. The van der Waals surface area contributed by atoms with Crippen LogP contribution in [0.2, 0.25) is 0 Å². The molecule has 0 aromatic carbocycles. The first-order chi connectivity index (χ1) is 8.49. The molecule has 0 fully saturated rings. The Morgan fingerprint density at radius 1 is 1.39 bits per heavy atom. The molecule has 1 aromatic rings. The Hall–Kier alpha value is -1.56. The zero-order chi connectivity index (χ0) is 13.2. The van der Waals surface area contributed by atoms with Gasteiger partial charge in [0, 0.05) is 11.8 Å². The molecule has 18 heavy (non-hydrogen) atoms. The molecule has 5 nitrogen and oxygen atoms in total. The minimum absolute atomic E-state index is 0.210. The molecule has 0 saturated heterocycles. The Bertz CT molecular complexity index is 616. The quantitative estimate of drug-likeness (QED) is 0.816. The van der Waals surface area contributed by atoms with Crippen molar-refractivity contribution < 1.29 is 8.42 Å². The monoisotopic (exact) mass is 268 g/mol. The van der Waals surface area contributed by atoms with Gasteiger partial charge in [0.25, 0.3) is 5.56 Å². The summed E-state index contributed by atoms with van der Waals surface area (Å²) >= 11 is 0. The number of nitrogens with one attached hydrogen (secondary N) is 2. The fourth-order valence-electron chi connectivity index (χ4n) is 1.95. The maximum absolute atomic E-state index is 12.1. The van der Waals surface area contributed by atoms with Crippen LogP contribution in [0.5, 0.6) is 0 Å². The molecule has 2 N–H and O–H groups in total. The van der Waals surface area contributed by atoms with Crippen LogP contribution in [0.4, 0.5) is 5.69 Å². The van der Waals surface area contributed by atoms with Gasteiger partial charge < -0.3 is 4.98 Å². The molecule has 98 valence electrons. The molecule has 0 radical (unpaired) electrons. The average Bonchev–Trinajstić information content (AvgIpc) is 2.35. The average molecular weight is 268 g/mol. The summed E-state index contributed by atoms with van der Waals surface area (Å²) in [6.45, 7) is 1.64. The lowest BCUT2D eigenvalue weighted by atomic mass is 10.1. The van der Waals surface area contributed by atoms with Crippen molar-refractivity contribution >= 4 is 15.7 Å². The lowest BCUT2D eigenvalue weighted by Gasteiger charge is -2.19. The van der Waals surface area contributed by atoms with E-state index >= 15 is 0 Å². The van der Waals surface area contributed by atoms with Crippen molar-refractivity contribution in [1.82, 2.24) is 4.98 Å². The van der Waals surface area contributed by atoms with Crippen molar-refractivity contribution in [3.63, 3.8) is 0 Å². The molecular weight excluding hydrogens is 252 g/mol. The van der Waals surface area contributed by atoms with Crippen molar-refractivity contribution in [2.24, 2.45) is 0 Å². The fraction of sp³-hybridized carbons (Fsp3) is 0.417. The Morgan fingerprint density at radius 3 is 2.78 bits per heavy atom. The van der Waals surface area contributed by atoms with Crippen LogP contribution in [0.15, 0.2) is 29.2 Å². The number of allylic oxidation sites excluding steroid dienone is 2. The molecule has 1 unspecified atom stereocenters. The second-order valence-electron chi connectivity index (χ2n) is 4.45. The summed E-state index contributed by atoms with van der Waals surface area (Å²) in [6, 6.07) is 1.54. The number of pyridine rings is 1. The van der Waals surface area contributed by atoms with E-state index in [0.717, 1.165) is 6.42 Å². The molecule has 1 aliphatic carbocycles. The van der Waals surface area contributed by atoms with Gasteiger partial charge in [0.2, 0.25) is 10.0 Å². The second-order valence-corrected chi connectivity index (χ2v) is 6.41. The van der Waals surface area contributed by atoms with E-state index in [2.05, 4.69) is 9.71 Å². The van der Waals surface area contributed by atoms with Crippen LogP contribution in [0, 0.1) is 6.92 Å². The number of anilines is 1. The maximum Gasteiger partial charge on any atom is 0.250 e. The first-order valence-electron chi connectivity index (χ1n) is 5.85. The van der Waals surface area contributed by atoms with E-state index in [1.54, 1.807) is 6.92 Å². The standard InChI is InChI=1S/C12H16N2O3S/c1-9-7-10(8-13-12(9)15)14-18(16,17)11-5-3-2-4-6-11/h2-3,7-8,11,14H,4-6H2,1H3,(H,13,15). The highest BCUT2D eigenvalue weighted by Gasteiger charge is 2.25. The topological polar surface area (TPSA) is 79.0 Å². The molecule has 1 atom stereocenters. The minimum Gasteiger partial charge on any atom is -0.327 e. The van der Waals surface area contributed by atoms with Crippen LogP contribution < -0.4 is 10.3 Å². The first-order valence-corrected chi connectivity index (χ1v) is 7.39. The molecule has 1 aliphatic rings. The molecule has 0 saturated carbocycles. The van der Waals surface area contributed by atoms with E-state index in [9.17, 15) is 13.2 Å². The van der Waals surface area contributed by atoms with Crippen molar-refractivity contribution in [3.05, 3.63) is 40.3 Å². The Balaban J connectivity index is 2.19. The highest BCUT2D eigenvalue weighted by atomic mass is 32.2. The molecule has 0 aliphatic heterocycles. The molecule has 0 amide bonds. The van der Waals surface area contributed by atoms with Gasteiger partial charge in [-0.25, -0.2) is 8.42 Å². The molecule has 2 rings (SSSR count). The van der Waals surface area contributed by atoms with Gasteiger partial charge in [-0.2, -0.15) is 0 Å². The first kappa shape index (κ1) is 12.9. The van der Waals surface area contributed by atoms with E-state index in [0.29, 0.717) is 24.1 Å². The van der Waals surface area contributed by atoms with Gasteiger partial charge in [-0.3, -0.25) is 9.52 Å². The van der Waals surface area contributed by atoms with E-state index in [-0.39, 0.29) is 5.56 Å². The summed E-state index contributed by atoms with van der Waals surface area (Å²) in [5, 5.41) is -0.394. The van der Waals surface area contributed by atoms with Crippen LogP contribution in [-0.4, -0.2) is 18.7 Å². The number of aryl methyl sites for hydroxylation is 1. The van der Waals surface area contributed by atoms with E-state index in [4.69, 9.17) is 0 Å². The van der Waals surface area contributed by atoms with Crippen LogP contribution in [0.3, 0.4) is 0 Å². The Morgan fingerprint density at radius 2 is 2.17 bits per heavy atom. The summed E-state index contributed by atoms with van der Waals surface area (Å²) < 4.78 is 26.8. The van der Waals surface area contributed by atoms with Crippen molar-refractivity contribution in [2.75, 3.05) is 4.72 Å². The number of aromatic amines is 1. The predicted octanol–water partition coefficient (Wildman–Crippen LogP) is 1.53. The fourth-order valence-corrected chi connectivity index (χ4v) is 3.38. The summed E-state index contributed by atoms with van der Waals surface area (Å²) in [4.78, 5) is 13.7. The number of hydrogen-bond donors (Lipinski definition) is 2. The van der Waals surface area contributed by atoms with Crippen LogP contribution in [-0.2, 0) is 10.0 Å². The minimum atomic E-state index is -3.39. The lowest BCUT2D eigenvalue weighted by Crippen LogP contribution is -2.29. The van der Waals surface area contributed by atoms with Crippen LogP contribution in [0.1, 0.15) is 24.8 Å². The zero-order valence-corrected chi connectivity index (χ0v) is 11.0. The predicted molar refractivity (Wildman–Crippen MR) is 71.1 cm³/mol. The van der Waals surface area contributed by atoms with Crippen LogP contribution >= 0.6 is 0 Å². The third-order valence-corrected chi connectivity index (χ3v) is 4.83. The number of hydrogen-bond acceptors (Lipinski definition) is 3. The van der Waals surface area contributed by atoms with Gasteiger partial charge in [-0.05, 0) is 32.3 Å². The highest BCUT2D eigenvalue weighted by Crippen LogP contribution is 2.20. The molecule has 0 bridgehead atoms. The maximum atomic E-state index is 12.1. The van der Waals surface area contributed by atoms with Gasteiger partial charge in [-0.15, -0.1) is 0 Å². The normalized spacial score (nSPS) is 19.7. The van der Waals surface area contributed by atoms with E-state index in [1.165, 1.54) is 12.3 Å². The highest BCUT2D eigenvalue weighted by molar-refractivity contribution is 7.93. The summed E-state index contributed by atoms with van der Waals surface area (Å²) in [5.41, 5.74) is 0.680. The summed E-state index contributed by atoms with van der Waals surface area (Å²) in [6.07, 6.45) is 7.23. The molecule has 6 heteroatoms. The van der Waals surface area contributed by atoms with Gasteiger partial charge in [-0.1, -0.05) is 12.2 Å². The number of sulfonamides is 1. The zero-order valence-electron chi connectivity index (χ0n) is 10.1. The van der Waals surface area contributed by atoms with Gasteiger partial charge in [0.1, 0.15) is 0 Å². The van der Waals surface area contributed by atoms with E-state index in [1.807, 2.05) is 12.2 Å². The Kier molecular flexibility index (Phi) is 3.56. The third kappa shape index (κ3) is 2.81. The van der Waals surface area contributed by atoms with Crippen molar-refractivity contribution in [2.45, 2.75) is 31.4 Å². The van der Waals surface area contributed by atoms with Gasteiger partial charge in [0.05, 0.1) is 10.9 Å². The number of H-pyrrole nitrogens is 1. The largest absolute Gasteiger partial charge is 0.327 e. The lowest BCUT2D eigenvalue weighted by molar-refractivity contribution is 0.573. The molecule has 1 aromatic heterocycles. The van der Waals surface area contributed by atoms with Gasteiger partial charge in [0.15, 0.2) is 0 Å². The summed E-state index contributed by atoms with van der Waals surface area (Å²) in [7, 11) is -3.39. The van der Waals surface area contributed by atoms with Gasteiger partial charge >= 0.3 is 0 Å². The molecule has 0 spiro atoms. The molecular formula is C12H16N2O3S. The van der Waals surface area contributed by atoms with Crippen LogP contribution in [0.25, 0.3) is 0 Å². The SMILES string of the molecule is Cc1cc(NS(=O)(=O)C2CC=CCC2)c[nH]c1=O. The smallest absolute Gasteiger partial charge is 0.250 e. The van der Waals surface area contributed by atoms with E-state index < -0.39 is 15.3 Å².